The molecular formula is C20H18FN7. The molecule has 0 saturated carbocycles. The first-order valence-corrected chi connectivity index (χ1v) is 8.89. The molecule has 0 amide bonds. The van der Waals surface area contributed by atoms with Crippen molar-refractivity contribution >= 4 is 22.4 Å². The van der Waals surface area contributed by atoms with Crippen LogP contribution in [0, 0.1) is 5.82 Å². The lowest BCUT2D eigenvalue weighted by Gasteiger charge is -2.20. The monoisotopic (exact) mass is 375 g/mol. The normalized spacial score (nSPS) is 13.4. The summed E-state index contributed by atoms with van der Waals surface area (Å²) < 4.78 is 16.4. The third kappa shape index (κ3) is 2.74. The van der Waals surface area contributed by atoms with Gasteiger partial charge in [-0.05, 0) is 24.3 Å². The van der Waals surface area contributed by atoms with Gasteiger partial charge < -0.3 is 0 Å². The quantitative estimate of drug-likeness (QED) is 0.594. The van der Waals surface area contributed by atoms with Crippen molar-refractivity contribution in [2.24, 2.45) is 7.05 Å². The van der Waals surface area contributed by atoms with E-state index in [1.807, 2.05) is 60.6 Å². The summed E-state index contributed by atoms with van der Waals surface area (Å²) in [5.41, 5.74) is 7.12. The predicted octanol–water partition coefficient (Wildman–Crippen LogP) is 3.05. The maximum absolute atomic E-state index is 14.7. The van der Waals surface area contributed by atoms with E-state index in [1.54, 1.807) is 17.1 Å². The molecule has 4 heterocycles. The summed E-state index contributed by atoms with van der Waals surface area (Å²) in [4.78, 5) is 9.00. The van der Waals surface area contributed by atoms with Gasteiger partial charge in [0.15, 0.2) is 5.82 Å². The molecule has 0 spiro atoms. The van der Waals surface area contributed by atoms with Crippen LogP contribution in [0.1, 0.15) is 5.56 Å². The number of hydrazine groups is 2. The van der Waals surface area contributed by atoms with E-state index >= 15 is 0 Å². The van der Waals surface area contributed by atoms with Crippen LogP contribution in [0.4, 0.5) is 15.9 Å². The van der Waals surface area contributed by atoms with E-state index < -0.39 is 0 Å². The van der Waals surface area contributed by atoms with E-state index in [4.69, 9.17) is 4.98 Å². The fraction of sp³-hybridized carbons (Fsp3) is 0.150. The van der Waals surface area contributed by atoms with Gasteiger partial charge in [-0.25, -0.2) is 9.37 Å². The summed E-state index contributed by atoms with van der Waals surface area (Å²) in [6.07, 6.45) is 5.36. The molecule has 28 heavy (non-hydrogen) atoms. The summed E-state index contributed by atoms with van der Waals surface area (Å²) in [7, 11) is 3.78. The molecule has 7 nitrogen and oxygen atoms in total. The standard InChI is InChI=1S/C20H18FN7/c1-26-11-15(10-23-26)17-5-6-19-20(24-17)28(25-27(19)2)12-14-8-13-4-3-7-22-18(13)9-16(14)21/h3-11,25H,12H2,1-2H3. The Kier molecular flexibility index (Phi) is 3.73. The fourth-order valence-electron chi connectivity index (χ4n) is 3.44. The van der Waals surface area contributed by atoms with Gasteiger partial charge in [0, 0.05) is 49.1 Å². The Morgan fingerprint density at radius 1 is 1.14 bits per heavy atom. The van der Waals surface area contributed by atoms with Crippen molar-refractivity contribution in [3.63, 3.8) is 0 Å². The van der Waals surface area contributed by atoms with Gasteiger partial charge in [-0.3, -0.25) is 19.7 Å². The van der Waals surface area contributed by atoms with E-state index in [-0.39, 0.29) is 5.82 Å². The Balaban J connectivity index is 1.52. The highest BCUT2D eigenvalue weighted by atomic mass is 19.1. The Morgan fingerprint density at radius 2 is 2.04 bits per heavy atom. The topological polar surface area (TPSA) is 62.1 Å². The molecule has 4 aromatic rings. The largest absolute Gasteiger partial charge is 0.290 e. The minimum atomic E-state index is -0.285. The number of pyridine rings is 2. The second-order valence-electron chi connectivity index (χ2n) is 6.83. The molecule has 140 valence electrons. The lowest BCUT2D eigenvalue weighted by atomic mass is 10.1. The third-order valence-electron chi connectivity index (χ3n) is 4.84. The lowest BCUT2D eigenvalue weighted by molar-refractivity contribution is 0.587. The molecule has 0 atom stereocenters. The number of rotatable bonds is 3. The molecule has 0 bridgehead atoms. The third-order valence-corrected chi connectivity index (χ3v) is 4.84. The van der Waals surface area contributed by atoms with Crippen LogP contribution in [0.15, 0.2) is 55.0 Å². The molecule has 0 unspecified atom stereocenters. The molecule has 3 aromatic heterocycles. The van der Waals surface area contributed by atoms with Crippen molar-refractivity contribution < 1.29 is 4.39 Å². The van der Waals surface area contributed by atoms with Crippen molar-refractivity contribution in [1.29, 1.82) is 0 Å². The number of benzene rings is 1. The number of nitrogens with zero attached hydrogens (tertiary/aromatic N) is 6. The van der Waals surface area contributed by atoms with E-state index in [9.17, 15) is 4.39 Å². The van der Waals surface area contributed by atoms with E-state index in [2.05, 4.69) is 15.6 Å². The summed E-state index contributed by atoms with van der Waals surface area (Å²) in [5, 5.41) is 8.83. The van der Waals surface area contributed by atoms with Crippen LogP contribution in [-0.2, 0) is 13.6 Å². The Morgan fingerprint density at radius 3 is 2.86 bits per heavy atom. The van der Waals surface area contributed by atoms with Gasteiger partial charge in [0.05, 0.1) is 29.6 Å². The van der Waals surface area contributed by atoms with Crippen molar-refractivity contribution in [3.8, 4) is 11.3 Å². The number of aryl methyl sites for hydroxylation is 1. The van der Waals surface area contributed by atoms with Crippen LogP contribution >= 0.6 is 0 Å². The SMILES string of the molecule is CN1NN(Cc2cc3cccnc3cc2F)c2nc(-c3cnn(C)c3)ccc21. The molecule has 1 N–H and O–H groups in total. The van der Waals surface area contributed by atoms with Crippen molar-refractivity contribution in [3.05, 3.63) is 66.4 Å². The molecule has 5 rings (SSSR count). The highest BCUT2D eigenvalue weighted by Gasteiger charge is 2.26. The van der Waals surface area contributed by atoms with Crippen LogP contribution in [0.2, 0.25) is 0 Å². The summed E-state index contributed by atoms with van der Waals surface area (Å²) in [6.45, 7) is 0.331. The first-order valence-electron chi connectivity index (χ1n) is 8.89. The predicted molar refractivity (Wildman–Crippen MR) is 106 cm³/mol. The average molecular weight is 375 g/mol. The highest BCUT2D eigenvalue weighted by Crippen LogP contribution is 2.34. The zero-order valence-corrected chi connectivity index (χ0v) is 15.5. The number of hydrogen-bond donors (Lipinski definition) is 1. The van der Waals surface area contributed by atoms with Gasteiger partial charge in [0.25, 0.3) is 0 Å². The lowest BCUT2D eigenvalue weighted by Crippen LogP contribution is -2.42. The fourth-order valence-corrected chi connectivity index (χ4v) is 3.44. The van der Waals surface area contributed by atoms with E-state index in [0.717, 1.165) is 28.1 Å². The number of fused-ring (bicyclic) bond motifs is 2. The van der Waals surface area contributed by atoms with Crippen LogP contribution in [0.25, 0.3) is 22.2 Å². The Labute approximate surface area is 161 Å². The van der Waals surface area contributed by atoms with Gasteiger partial charge in [-0.1, -0.05) is 6.07 Å². The van der Waals surface area contributed by atoms with Crippen LogP contribution < -0.4 is 15.6 Å². The number of halogens is 1. The second kappa shape index (κ2) is 6.28. The zero-order valence-electron chi connectivity index (χ0n) is 15.5. The molecule has 1 aliphatic heterocycles. The van der Waals surface area contributed by atoms with Crippen LogP contribution in [0.5, 0.6) is 0 Å². The molecule has 0 saturated heterocycles. The first-order chi connectivity index (χ1) is 13.6. The van der Waals surface area contributed by atoms with Crippen LogP contribution in [0.3, 0.4) is 0 Å². The maximum atomic E-state index is 14.7. The minimum absolute atomic E-state index is 0.285. The Bertz CT molecular complexity index is 1190. The Hall–Kier alpha value is -3.52. The molecule has 8 heteroatoms. The summed E-state index contributed by atoms with van der Waals surface area (Å²) >= 11 is 0. The highest BCUT2D eigenvalue weighted by molar-refractivity contribution is 5.79. The molecule has 0 fully saturated rings. The van der Waals surface area contributed by atoms with Crippen molar-refractivity contribution in [2.75, 3.05) is 17.1 Å². The van der Waals surface area contributed by atoms with Crippen molar-refractivity contribution in [2.45, 2.75) is 6.54 Å². The smallest absolute Gasteiger partial charge is 0.170 e. The van der Waals surface area contributed by atoms with Gasteiger partial charge in [-0.2, -0.15) is 5.10 Å². The maximum Gasteiger partial charge on any atom is 0.170 e. The van der Waals surface area contributed by atoms with Gasteiger partial charge in [-0.15, -0.1) is 5.53 Å². The zero-order chi connectivity index (χ0) is 19.3. The van der Waals surface area contributed by atoms with E-state index in [0.29, 0.717) is 17.6 Å². The summed E-state index contributed by atoms with van der Waals surface area (Å²) in [6, 6.07) is 11.1. The average Bonchev–Trinajstić information content (AvgIpc) is 3.26. The number of nitrogens with one attached hydrogen (secondary N) is 1. The molecule has 1 aliphatic rings. The van der Waals surface area contributed by atoms with Gasteiger partial charge in [0.2, 0.25) is 0 Å². The van der Waals surface area contributed by atoms with Crippen molar-refractivity contribution in [1.82, 2.24) is 25.3 Å². The summed E-state index contributed by atoms with van der Waals surface area (Å²) in [5.74, 6) is 0.460. The number of hydrogen-bond acceptors (Lipinski definition) is 6. The molecule has 0 radical (unpaired) electrons. The molecular weight excluding hydrogens is 357 g/mol. The van der Waals surface area contributed by atoms with E-state index in [1.165, 1.54) is 6.07 Å². The van der Waals surface area contributed by atoms with Gasteiger partial charge >= 0.3 is 0 Å². The number of anilines is 2. The number of aromatic nitrogens is 4. The molecule has 1 aromatic carbocycles. The molecule has 0 aliphatic carbocycles. The first kappa shape index (κ1) is 16.6. The second-order valence-corrected chi connectivity index (χ2v) is 6.83. The van der Waals surface area contributed by atoms with Gasteiger partial charge in [0.1, 0.15) is 5.82 Å². The minimum Gasteiger partial charge on any atom is -0.290 e. The van der Waals surface area contributed by atoms with Crippen LogP contribution in [-0.4, -0.2) is 26.8 Å².